The fourth-order valence-electron chi connectivity index (χ4n) is 7.24. The topological polar surface area (TPSA) is 177 Å². The number of pyridine rings is 1. The van der Waals surface area contributed by atoms with Crippen molar-refractivity contribution in [1.29, 1.82) is 0 Å². The van der Waals surface area contributed by atoms with Gasteiger partial charge in [-0.15, -0.1) is 6.58 Å². The molecule has 0 radical (unpaired) electrons. The van der Waals surface area contributed by atoms with Crippen molar-refractivity contribution >= 4 is 36.4 Å². The van der Waals surface area contributed by atoms with Crippen LogP contribution in [0.5, 0.6) is 11.5 Å². The van der Waals surface area contributed by atoms with Gasteiger partial charge >= 0.3 is 13.7 Å². The number of benzene rings is 2. The molecule has 3 aromatic rings. The summed E-state index contributed by atoms with van der Waals surface area (Å²) in [4.78, 5) is 68.4. The average molecular weight is 735 g/mol. The molecule has 2 saturated carbocycles. The highest BCUT2D eigenvalue weighted by Gasteiger charge is 2.66. The Morgan fingerprint density at radius 1 is 1.08 bits per heavy atom. The zero-order valence-electron chi connectivity index (χ0n) is 29.9. The van der Waals surface area contributed by atoms with Gasteiger partial charge in [0.25, 0.3) is 0 Å². The van der Waals surface area contributed by atoms with Crippen LogP contribution in [0.2, 0.25) is 0 Å². The van der Waals surface area contributed by atoms with E-state index >= 15 is 0 Å². The zero-order valence-corrected chi connectivity index (χ0v) is 30.8. The molecule has 1 saturated heterocycles. The average Bonchev–Trinajstić information content (AvgIpc) is 3.37. The van der Waals surface area contributed by atoms with Crippen molar-refractivity contribution in [1.82, 2.24) is 20.5 Å². The van der Waals surface area contributed by atoms with Crippen molar-refractivity contribution in [3.63, 3.8) is 0 Å². The molecule has 13 nitrogen and oxygen atoms in total. The summed E-state index contributed by atoms with van der Waals surface area (Å²) in [6.07, 6.45) is 3.20. The van der Waals surface area contributed by atoms with Crippen molar-refractivity contribution in [3.8, 4) is 22.8 Å². The number of hydrogen-bond acceptors (Lipinski definition) is 8. The minimum Gasteiger partial charge on any atom is -0.497 e. The second kappa shape index (κ2) is 14.5. The minimum atomic E-state index is -4.81. The Morgan fingerprint density at radius 2 is 1.79 bits per heavy atom. The number of nitrogens with one attached hydrogen (secondary N) is 2. The van der Waals surface area contributed by atoms with Crippen molar-refractivity contribution < 1.29 is 42.9 Å². The van der Waals surface area contributed by atoms with Gasteiger partial charge in [0.1, 0.15) is 41.1 Å². The van der Waals surface area contributed by atoms with E-state index in [1.165, 1.54) is 11.0 Å². The van der Waals surface area contributed by atoms with E-state index in [0.29, 0.717) is 28.1 Å². The van der Waals surface area contributed by atoms with E-state index in [1.54, 1.807) is 40.0 Å². The lowest BCUT2D eigenvalue weighted by molar-refractivity contribution is -0.142. The molecule has 3 aliphatic rings. The maximum atomic E-state index is 14.5. The molecule has 3 fully saturated rings. The molecule has 2 heterocycles. The van der Waals surface area contributed by atoms with Gasteiger partial charge in [-0.2, -0.15) is 0 Å². The summed E-state index contributed by atoms with van der Waals surface area (Å²) in [7, 11) is -3.25. The Labute approximate surface area is 303 Å². The van der Waals surface area contributed by atoms with E-state index in [9.17, 15) is 28.7 Å². The van der Waals surface area contributed by atoms with E-state index in [0.717, 1.165) is 31.2 Å². The van der Waals surface area contributed by atoms with Crippen LogP contribution >= 0.6 is 7.60 Å². The lowest BCUT2D eigenvalue weighted by Gasteiger charge is -2.35. The summed E-state index contributed by atoms with van der Waals surface area (Å²) in [5, 5.41) is 4.24. The van der Waals surface area contributed by atoms with Crippen LogP contribution in [0.15, 0.2) is 67.3 Å². The molecule has 5 atom stereocenters. The number of carbonyl (C=O) groups is 3. The number of carbonyl (C=O) groups excluding carboxylic acids is 3. The van der Waals surface area contributed by atoms with Crippen LogP contribution in [0.3, 0.4) is 0 Å². The highest BCUT2D eigenvalue weighted by molar-refractivity contribution is 7.54. The van der Waals surface area contributed by atoms with Crippen LogP contribution in [-0.4, -0.2) is 80.8 Å². The highest BCUT2D eigenvalue weighted by Crippen LogP contribution is 2.67. The number of ether oxygens (including phenoxy) is 3. The third-order valence-corrected chi connectivity index (χ3v) is 11.9. The normalized spacial score (nSPS) is 23.9. The molecule has 4 N–H and O–H groups in total. The smallest absolute Gasteiger partial charge is 0.408 e. The molecular weight excluding hydrogens is 687 g/mol. The van der Waals surface area contributed by atoms with Gasteiger partial charge in [0.2, 0.25) is 11.8 Å². The molecular formula is C38H47N4O9P. The largest absolute Gasteiger partial charge is 0.497 e. The van der Waals surface area contributed by atoms with Gasteiger partial charge in [0.15, 0.2) is 0 Å². The van der Waals surface area contributed by atoms with Gasteiger partial charge in [-0.3, -0.25) is 14.2 Å². The van der Waals surface area contributed by atoms with Crippen LogP contribution in [0.4, 0.5) is 4.79 Å². The first-order chi connectivity index (χ1) is 24.6. The number of alkyl carbamates (subject to hydrolysis) is 1. The molecule has 6 rings (SSSR count). The lowest BCUT2D eigenvalue weighted by atomic mass is 9.85. The second-order valence-electron chi connectivity index (χ2n) is 15.0. The first kappa shape index (κ1) is 37.3. The molecule has 278 valence electrons. The maximum absolute atomic E-state index is 14.5. The fraction of sp³-hybridized carbons (Fsp3) is 0.474. The van der Waals surface area contributed by atoms with Crippen LogP contribution in [0.25, 0.3) is 22.2 Å². The van der Waals surface area contributed by atoms with Gasteiger partial charge in [-0.1, -0.05) is 57.2 Å². The Morgan fingerprint density at radius 3 is 2.40 bits per heavy atom. The van der Waals surface area contributed by atoms with E-state index in [-0.39, 0.29) is 25.5 Å². The van der Waals surface area contributed by atoms with Crippen molar-refractivity contribution in [2.75, 3.05) is 13.7 Å². The molecule has 3 amide bonds. The van der Waals surface area contributed by atoms with Gasteiger partial charge < -0.3 is 39.5 Å². The van der Waals surface area contributed by atoms with Crippen LogP contribution in [0.1, 0.15) is 59.3 Å². The van der Waals surface area contributed by atoms with Crippen molar-refractivity contribution in [2.45, 2.75) is 88.9 Å². The molecule has 2 aliphatic carbocycles. The number of nitrogens with zero attached hydrogens (tertiary/aromatic N) is 2. The summed E-state index contributed by atoms with van der Waals surface area (Å²) in [5.41, 5.74) is 1.31. The maximum Gasteiger partial charge on any atom is 0.408 e. The zero-order chi connectivity index (χ0) is 37.4. The van der Waals surface area contributed by atoms with Crippen LogP contribution < -0.4 is 20.1 Å². The van der Waals surface area contributed by atoms with E-state index < -0.39 is 60.3 Å². The monoisotopic (exact) mass is 734 g/mol. The molecule has 52 heavy (non-hydrogen) atoms. The van der Waals surface area contributed by atoms with Gasteiger partial charge in [-0.05, 0) is 49.7 Å². The molecule has 2 aromatic carbocycles. The summed E-state index contributed by atoms with van der Waals surface area (Å²) >= 11 is 0. The van der Waals surface area contributed by atoms with E-state index in [2.05, 4.69) is 17.2 Å². The summed E-state index contributed by atoms with van der Waals surface area (Å²) < 4.78 is 30.3. The highest BCUT2D eigenvalue weighted by atomic mass is 31.2. The third kappa shape index (κ3) is 7.67. The number of fused-ring (bicyclic) bond motifs is 1. The first-order valence-electron chi connectivity index (χ1n) is 17.6. The number of methoxy groups -OCH3 is 1. The van der Waals surface area contributed by atoms with Gasteiger partial charge in [0.05, 0.1) is 24.9 Å². The first-order valence-corrected chi connectivity index (χ1v) is 19.2. The Balaban J connectivity index is 1.33. The standard InChI is InChI=1S/C38H47N4O9P/c1-6-24-21-38(24,52(46,47)48)41-34(43)31-19-27(22-42(31)35(44)33(37(2,3)4)40-36(45)51-25-14-10-11-15-25)50-32-20-29(23-12-8-7-9-13-23)39-30-18-26(49-5)16-17-28(30)32/h6-9,12-13,16-18,20,24-25,27,31,33H,1,10-11,14-15,19,21-22H2,2-5H3,(H,40,45)(H,41,43)(H2,46,47,48)/t24-,27-,31+,33-,38+/m1/s1. The molecule has 0 spiro atoms. The quantitative estimate of drug-likeness (QED) is 0.145. The third-order valence-electron chi connectivity index (χ3n) is 10.3. The van der Waals surface area contributed by atoms with Gasteiger partial charge in [0, 0.05) is 35.4 Å². The second-order valence-corrected chi connectivity index (χ2v) is 16.9. The molecule has 0 bridgehead atoms. The van der Waals surface area contributed by atoms with E-state index in [1.807, 2.05) is 42.5 Å². The number of aromatic nitrogens is 1. The Bertz CT molecular complexity index is 1890. The SMILES string of the molecule is C=C[C@@H]1C[C@]1(NC(=O)[C@@H]1C[C@@H](Oc2cc(-c3ccccc3)nc3cc(OC)ccc23)CN1C(=O)[C@@H](NC(=O)OC1CCCC1)C(C)(C)C)P(=O)(O)O. The van der Waals surface area contributed by atoms with E-state index in [4.69, 9.17) is 19.2 Å². The minimum absolute atomic E-state index is 0.0115. The van der Waals surface area contributed by atoms with Crippen LogP contribution in [0, 0.1) is 11.3 Å². The summed E-state index contributed by atoms with van der Waals surface area (Å²) in [5.74, 6) is -0.841. The molecule has 14 heteroatoms. The Hall–Kier alpha value is -4.45. The van der Waals surface area contributed by atoms with Crippen LogP contribution in [-0.2, 0) is 18.9 Å². The van der Waals surface area contributed by atoms with Gasteiger partial charge in [-0.25, -0.2) is 9.78 Å². The number of likely N-dealkylation sites (tertiary alicyclic amines) is 1. The lowest BCUT2D eigenvalue weighted by Crippen LogP contribution is -2.58. The molecule has 1 aromatic heterocycles. The van der Waals surface area contributed by atoms with Crippen molar-refractivity contribution in [3.05, 3.63) is 67.3 Å². The summed E-state index contributed by atoms with van der Waals surface area (Å²) in [6.45, 7) is 9.03. The Kier molecular flexibility index (Phi) is 10.4. The number of hydrogen-bond donors (Lipinski definition) is 4. The predicted molar refractivity (Wildman–Crippen MR) is 195 cm³/mol. The molecule has 1 aliphatic heterocycles. The fourth-order valence-corrected chi connectivity index (χ4v) is 8.47. The number of amides is 3. The van der Waals surface area contributed by atoms with Crippen molar-refractivity contribution in [2.24, 2.45) is 11.3 Å². The molecule has 0 unspecified atom stereocenters. The predicted octanol–water partition coefficient (Wildman–Crippen LogP) is 5.54. The number of rotatable bonds is 11. The summed E-state index contributed by atoms with van der Waals surface area (Å²) in [6, 6.07) is 14.5.